The third kappa shape index (κ3) is 3.49. The van der Waals surface area contributed by atoms with E-state index in [0.29, 0.717) is 0 Å². The summed E-state index contributed by atoms with van der Waals surface area (Å²) in [5.74, 6) is 0.766. The van der Waals surface area contributed by atoms with Gasteiger partial charge in [0.2, 0.25) is 0 Å². The number of benzene rings is 6. The minimum Gasteiger partial charge on any atom is -0.300 e. The van der Waals surface area contributed by atoms with Gasteiger partial charge < -0.3 is 4.57 Å². The summed E-state index contributed by atoms with van der Waals surface area (Å²) in [7, 11) is 0. The third-order valence-electron chi connectivity index (χ3n) is 11.6. The Morgan fingerprint density at radius 1 is 0.560 bits per heavy atom. The standard InChI is InChI=1S/C46H33N3S/c1-45(2)33-18-8-5-13-27(33)28-24-23-26(25-35(28)45)41-29-14-6-9-20-36(29)47-43(48-41)32-17-12-21-37-40(32)46(3,4)34-19-11-16-31-39-30-15-7-10-22-38(30)50-44(39)49(37)42(31)34/h5-25H,1-4H3. The van der Waals surface area contributed by atoms with Gasteiger partial charge in [0.25, 0.3) is 0 Å². The first kappa shape index (κ1) is 28.3. The van der Waals surface area contributed by atoms with Crippen LogP contribution in [0.3, 0.4) is 0 Å². The van der Waals surface area contributed by atoms with E-state index in [0.717, 1.165) is 33.5 Å². The smallest absolute Gasteiger partial charge is 0.160 e. The van der Waals surface area contributed by atoms with Crippen LogP contribution in [0.5, 0.6) is 0 Å². The van der Waals surface area contributed by atoms with E-state index in [1.807, 2.05) is 11.3 Å². The summed E-state index contributed by atoms with van der Waals surface area (Å²) in [6, 6.07) is 46.6. The van der Waals surface area contributed by atoms with Gasteiger partial charge in [-0.3, -0.25) is 0 Å². The van der Waals surface area contributed by atoms with Crippen molar-refractivity contribution in [2.45, 2.75) is 38.5 Å². The fourth-order valence-electron chi connectivity index (χ4n) is 9.25. The number of rotatable bonds is 2. The maximum atomic E-state index is 5.51. The maximum absolute atomic E-state index is 5.51. The molecule has 0 spiro atoms. The minimum absolute atomic E-state index is 0.0937. The second-order valence-electron chi connectivity index (χ2n) is 15.0. The summed E-state index contributed by atoms with van der Waals surface area (Å²) >= 11 is 1.88. The lowest BCUT2D eigenvalue weighted by atomic mass is 9.72. The molecule has 4 heterocycles. The zero-order valence-electron chi connectivity index (χ0n) is 28.4. The molecule has 0 bridgehead atoms. The number of para-hydroxylation sites is 2. The molecule has 6 aromatic carbocycles. The van der Waals surface area contributed by atoms with Crippen LogP contribution in [0.15, 0.2) is 127 Å². The topological polar surface area (TPSA) is 30.7 Å². The van der Waals surface area contributed by atoms with Gasteiger partial charge in [0, 0.05) is 48.2 Å². The van der Waals surface area contributed by atoms with Crippen LogP contribution in [0.2, 0.25) is 0 Å². The number of hydrogen-bond donors (Lipinski definition) is 0. The SMILES string of the molecule is CC1(C)c2ccccc2-c2ccc(-c3nc(-c4cccc5c4C(C)(C)c4cccc6c7c8ccccc8sc7n-5c46)nc4ccccc34)cc21. The lowest BCUT2D eigenvalue weighted by Gasteiger charge is -2.36. The first-order valence-corrected chi connectivity index (χ1v) is 18.2. The second kappa shape index (κ2) is 9.56. The van der Waals surface area contributed by atoms with Crippen molar-refractivity contribution in [3.8, 4) is 39.5 Å². The number of hydrogen-bond acceptors (Lipinski definition) is 3. The highest BCUT2D eigenvalue weighted by Gasteiger charge is 2.39. The molecule has 0 radical (unpaired) electrons. The predicted molar refractivity (Wildman–Crippen MR) is 210 cm³/mol. The maximum Gasteiger partial charge on any atom is 0.160 e. The van der Waals surface area contributed by atoms with E-state index in [1.54, 1.807) is 0 Å². The Labute approximate surface area is 294 Å². The molecule has 238 valence electrons. The summed E-state index contributed by atoms with van der Waals surface area (Å²) < 4.78 is 3.84. The lowest BCUT2D eigenvalue weighted by molar-refractivity contribution is 0.631. The van der Waals surface area contributed by atoms with Gasteiger partial charge in [0.15, 0.2) is 5.82 Å². The molecule has 4 heteroatoms. The minimum atomic E-state index is -0.281. The summed E-state index contributed by atoms with van der Waals surface area (Å²) in [5.41, 5.74) is 14.3. The van der Waals surface area contributed by atoms with Gasteiger partial charge in [-0.1, -0.05) is 131 Å². The Bertz CT molecular complexity index is 2940. The van der Waals surface area contributed by atoms with Crippen molar-refractivity contribution in [2.24, 2.45) is 0 Å². The molecule has 11 rings (SSSR count). The second-order valence-corrected chi connectivity index (χ2v) is 16.0. The summed E-state index contributed by atoms with van der Waals surface area (Å²) in [6.07, 6.45) is 0. The van der Waals surface area contributed by atoms with Gasteiger partial charge >= 0.3 is 0 Å². The van der Waals surface area contributed by atoms with Crippen LogP contribution in [0, 0.1) is 0 Å². The average molecular weight is 660 g/mol. The van der Waals surface area contributed by atoms with Crippen molar-refractivity contribution in [3.63, 3.8) is 0 Å². The van der Waals surface area contributed by atoms with Gasteiger partial charge in [-0.15, -0.1) is 11.3 Å². The van der Waals surface area contributed by atoms with Crippen molar-refractivity contribution < 1.29 is 0 Å². The molecule has 0 fully saturated rings. The first-order chi connectivity index (χ1) is 24.3. The average Bonchev–Trinajstić information content (AvgIpc) is 3.75. The van der Waals surface area contributed by atoms with Crippen molar-refractivity contribution in [1.29, 1.82) is 0 Å². The van der Waals surface area contributed by atoms with E-state index in [4.69, 9.17) is 9.97 Å². The zero-order chi connectivity index (χ0) is 33.5. The quantitative estimate of drug-likeness (QED) is 0.185. The number of thiophene rings is 1. The van der Waals surface area contributed by atoms with E-state index in [-0.39, 0.29) is 10.8 Å². The van der Waals surface area contributed by atoms with E-state index in [9.17, 15) is 0 Å². The highest BCUT2D eigenvalue weighted by Crippen LogP contribution is 2.53. The molecule has 1 aliphatic carbocycles. The molecular weight excluding hydrogens is 627 g/mol. The Morgan fingerprint density at radius 3 is 2.16 bits per heavy atom. The number of nitrogens with zero attached hydrogens (tertiary/aromatic N) is 3. The molecule has 0 N–H and O–H groups in total. The molecule has 0 unspecified atom stereocenters. The van der Waals surface area contributed by atoms with Crippen LogP contribution in [0.25, 0.3) is 81.6 Å². The number of fused-ring (bicyclic) bond motifs is 11. The highest BCUT2D eigenvalue weighted by molar-refractivity contribution is 7.25. The monoisotopic (exact) mass is 659 g/mol. The Kier molecular flexibility index (Phi) is 5.40. The molecule has 50 heavy (non-hydrogen) atoms. The molecule has 0 saturated carbocycles. The number of aromatic nitrogens is 3. The Balaban J connectivity index is 1.18. The molecule has 2 aliphatic rings. The van der Waals surface area contributed by atoms with Crippen LogP contribution in [-0.2, 0) is 10.8 Å². The van der Waals surface area contributed by atoms with Gasteiger partial charge in [-0.2, -0.15) is 0 Å². The summed E-state index contributed by atoms with van der Waals surface area (Å²) in [6.45, 7) is 9.42. The zero-order valence-corrected chi connectivity index (χ0v) is 29.2. The van der Waals surface area contributed by atoms with E-state index >= 15 is 0 Å². The third-order valence-corrected chi connectivity index (χ3v) is 12.7. The van der Waals surface area contributed by atoms with E-state index in [1.165, 1.54) is 70.3 Å². The largest absolute Gasteiger partial charge is 0.300 e. The van der Waals surface area contributed by atoms with Crippen LogP contribution >= 0.6 is 11.3 Å². The Morgan fingerprint density at radius 2 is 1.26 bits per heavy atom. The fourth-order valence-corrected chi connectivity index (χ4v) is 10.5. The normalized spacial score (nSPS) is 15.1. The molecular formula is C46H33N3S. The van der Waals surface area contributed by atoms with E-state index in [2.05, 4.69) is 160 Å². The van der Waals surface area contributed by atoms with Crippen molar-refractivity contribution in [2.75, 3.05) is 0 Å². The van der Waals surface area contributed by atoms with Crippen molar-refractivity contribution >= 4 is 53.4 Å². The van der Waals surface area contributed by atoms with Crippen LogP contribution in [0.4, 0.5) is 0 Å². The van der Waals surface area contributed by atoms with Crippen LogP contribution in [-0.4, -0.2) is 14.5 Å². The predicted octanol–water partition coefficient (Wildman–Crippen LogP) is 12.2. The van der Waals surface area contributed by atoms with Gasteiger partial charge in [-0.25, -0.2) is 9.97 Å². The summed E-state index contributed by atoms with van der Waals surface area (Å²) in [4.78, 5) is 12.1. The fraction of sp³-hybridized carbons (Fsp3) is 0.130. The summed E-state index contributed by atoms with van der Waals surface area (Å²) in [5, 5.41) is 5.07. The van der Waals surface area contributed by atoms with Gasteiger partial charge in [0.05, 0.1) is 22.4 Å². The molecule has 0 amide bonds. The molecule has 1 aliphatic heterocycles. The molecule has 0 saturated heterocycles. The molecule has 0 atom stereocenters. The highest BCUT2D eigenvalue weighted by atomic mass is 32.1. The van der Waals surface area contributed by atoms with Crippen molar-refractivity contribution in [3.05, 3.63) is 150 Å². The molecule has 9 aromatic rings. The lowest BCUT2D eigenvalue weighted by Crippen LogP contribution is -2.27. The van der Waals surface area contributed by atoms with Crippen LogP contribution < -0.4 is 0 Å². The first-order valence-electron chi connectivity index (χ1n) is 17.4. The molecule has 3 nitrogen and oxygen atoms in total. The molecule has 3 aromatic heterocycles. The van der Waals surface area contributed by atoms with Crippen molar-refractivity contribution in [1.82, 2.24) is 14.5 Å². The van der Waals surface area contributed by atoms with Gasteiger partial charge in [0.1, 0.15) is 4.83 Å². The van der Waals surface area contributed by atoms with Crippen LogP contribution in [0.1, 0.15) is 49.9 Å². The Hall–Kier alpha value is -5.58. The van der Waals surface area contributed by atoms with E-state index < -0.39 is 0 Å². The van der Waals surface area contributed by atoms with Gasteiger partial charge in [-0.05, 0) is 57.6 Å².